The molecule has 0 spiro atoms. The van der Waals surface area contributed by atoms with Crippen LogP contribution in [-0.2, 0) is 0 Å². The Hall–Kier alpha value is -0.590. The van der Waals surface area contributed by atoms with Crippen molar-refractivity contribution in [2.24, 2.45) is 11.8 Å². The Labute approximate surface area is 112 Å². The van der Waals surface area contributed by atoms with Gasteiger partial charge >= 0.3 is 0 Å². The van der Waals surface area contributed by atoms with Crippen LogP contribution < -0.4 is 0 Å². The van der Waals surface area contributed by atoms with Gasteiger partial charge in [0.1, 0.15) is 0 Å². The minimum Gasteiger partial charge on any atom is -0.305 e. The fourth-order valence-corrected chi connectivity index (χ4v) is 3.69. The highest BCUT2D eigenvalue weighted by molar-refractivity contribution is 4.98. The molecule has 0 aromatic heterocycles. The first-order valence-electron chi connectivity index (χ1n) is 7.42. The summed E-state index contributed by atoms with van der Waals surface area (Å²) in [5, 5.41) is 9.36. The Balaban J connectivity index is 2.01. The van der Waals surface area contributed by atoms with Gasteiger partial charge in [0.15, 0.2) is 0 Å². The van der Waals surface area contributed by atoms with Crippen LogP contribution in [0.25, 0.3) is 0 Å². The van der Waals surface area contributed by atoms with Gasteiger partial charge in [0.2, 0.25) is 0 Å². The van der Waals surface area contributed by atoms with E-state index in [4.69, 9.17) is 0 Å². The standard InChI is InChI=1S/C15H27N3/c1-12-6-7-13(10-16)15(9-12)18(3)14-5-4-8-17(2)11-14/h12-15H,4-9,11H2,1-3H3. The van der Waals surface area contributed by atoms with Gasteiger partial charge in [-0.05, 0) is 58.7 Å². The Morgan fingerprint density at radius 3 is 2.72 bits per heavy atom. The number of hydrogen-bond acceptors (Lipinski definition) is 3. The molecule has 2 fully saturated rings. The van der Waals surface area contributed by atoms with Gasteiger partial charge in [-0.3, -0.25) is 4.90 Å². The SMILES string of the molecule is CC1CCC(C#N)C(N(C)C2CCCN(C)C2)C1. The highest BCUT2D eigenvalue weighted by Crippen LogP contribution is 2.33. The van der Waals surface area contributed by atoms with Crippen LogP contribution in [0.1, 0.15) is 39.0 Å². The van der Waals surface area contributed by atoms with Crippen molar-refractivity contribution >= 4 is 0 Å². The van der Waals surface area contributed by atoms with Crippen LogP contribution >= 0.6 is 0 Å². The van der Waals surface area contributed by atoms with E-state index in [1.807, 2.05) is 0 Å². The lowest BCUT2D eigenvalue weighted by Gasteiger charge is -2.44. The van der Waals surface area contributed by atoms with E-state index in [0.29, 0.717) is 12.1 Å². The van der Waals surface area contributed by atoms with E-state index in [9.17, 15) is 5.26 Å². The van der Waals surface area contributed by atoms with Crippen molar-refractivity contribution in [1.82, 2.24) is 9.80 Å². The average Bonchev–Trinajstić information content (AvgIpc) is 2.38. The van der Waals surface area contributed by atoms with Gasteiger partial charge in [-0.15, -0.1) is 0 Å². The first kappa shape index (κ1) is 13.8. The third-order valence-electron chi connectivity index (χ3n) is 4.94. The molecule has 3 heteroatoms. The predicted octanol–water partition coefficient (Wildman–Crippen LogP) is 2.34. The third-order valence-corrected chi connectivity index (χ3v) is 4.94. The summed E-state index contributed by atoms with van der Waals surface area (Å²) in [6.45, 7) is 4.73. The molecule has 102 valence electrons. The quantitative estimate of drug-likeness (QED) is 0.752. The van der Waals surface area contributed by atoms with Crippen LogP contribution in [-0.4, -0.2) is 49.1 Å². The minimum atomic E-state index is 0.249. The molecule has 2 rings (SSSR count). The molecule has 18 heavy (non-hydrogen) atoms. The highest BCUT2D eigenvalue weighted by atomic mass is 15.2. The average molecular weight is 249 g/mol. The van der Waals surface area contributed by atoms with Crippen molar-refractivity contribution in [1.29, 1.82) is 5.26 Å². The smallest absolute Gasteiger partial charge is 0.0672 e. The van der Waals surface area contributed by atoms with Gasteiger partial charge < -0.3 is 4.90 Å². The third kappa shape index (κ3) is 3.05. The Morgan fingerprint density at radius 1 is 1.28 bits per heavy atom. The Bertz CT molecular complexity index is 309. The van der Waals surface area contributed by atoms with E-state index in [1.165, 1.54) is 38.8 Å². The molecule has 0 radical (unpaired) electrons. The fraction of sp³-hybridized carbons (Fsp3) is 0.933. The summed E-state index contributed by atoms with van der Waals surface area (Å²) in [5.41, 5.74) is 0. The number of piperidine rings is 1. The lowest BCUT2D eigenvalue weighted by atomic mass is 9.78. The largest absolute Gasteiger partial charge is 0.305 e. The van der Waals surface area contributed by atoms with Crippen molar-refractivity contribution in [2.45, 2.75) is 51.1 Å². The summed E-state index contributed by atoms with van der Waals surface area (Å²) in [7, 11) is 4.46. The lowest BCUT2D eigenvalue weighted by molar-refractivity contribution is 0.0538. The molecule has 3 nitrogen and oxygen atoms in total. The number of rotatable bonds is 2. The molecule has 0 bridgehead atoms. The molecular formula is C15H27N3. The molecule has 1 heterocycles. The van der Waals surface area contributed by atoms with Gasteiger partial charge in [0, 0.05) is 18.6 Å². The Kier molecular flexibility index (Phi) is 4.64. The summed E-state index contributed by atoms with van der Waals surface area (Å²) in [6.07, 6.45) is 6.12. The van der Waals surface area contributed by atoms with E-state index in [1.54, 1.807) is 0 Å². The van der Waals surface area contributed by atoms with Crippen LogP contribution in [0.3, 0.4) is 0 Å². The lowest BCUT2D eigenvalue weighted by Crippen LogP contribution is -2.52. The van der Waals surface area contributed by atoms with Crippen LogP contribution in [0, 0.1) is 23.2 Å². The van der Waals surface area contributed by atoms with Crippen LogP contribution in [0.4, 0.5) is 0 Å². The van der Waals surface area contributed by atoms with Crippen molar-refractivity contribution in [3.05, 3.63) is 0 Å². The summed E-state index contributed by atoms with van der Waals surface area (Å²) >= 11 is 0. The van der Waals surface area contributed by atoms with Gasteiger partial charge in [-0.2, -0.15) is 5.26 Å². The molecule has 0 amide bonds. The fourth-order valence-electron chi connectivity index (χ4n) is 3.69. The molecule has 1 aliphatic carbocycles. The zero-order chi connectivity index (χ0) is 13.1. The molecule has 1 saturated heterocycles. The van der Waals surface area contributed by atoms with Crippen molar-refractivity contribution in [3.8, 4) is 6.07 Å². The minimum absolute atomic E-state index is 0.249. The normalized spacial score (nSPS) is 38.6. The first-order chi connectivity index (χ1) is 8.61. The molecule has 0 aromatic rings. The first-order valence-corrected chi connectivity index (χ1v) is 7.42. The van der Waals surface area contributed by atoms with Crippen molar-refractivity contribution in [2.75, 3.05) is 27.2 Å². The summed E-state index contributed by atoms with van der Waals surface area (Å²) < 4.78 is 0. The van der Waals surface area contributed by atoms with E-state index >= 15 is 0 Å². The van der Waals surface area contributed by atoms with E-state index < -0.39 is 0 Å². The zero-order valence-electron chi connectivity index (χ0n) is 12.1. The maximum Gasteiger partial charge on any atom is 0.0672 e. The molecule has 4 atom stereocenters. The maximum absolute atomic E-state index is 9.36. The monoisotopic (exact) mass is 249 g/mol. The van der Waals surface area contributed by atoms with Crippen LogP contribution in [0.2, 0.25) is 0 Å². The molecule has 1 aliphatic heterocycles. The molecule has 1 saturated carbocycles. The number of hydrogen-bond donors (Lipinski definition) is 0. The van der Waals surface area contributed by atoms with Gasteiger partial charge in [0.05, 0.1) is 12.0 Å². The van der Waals surface area contributed by atoms with E-state index in [2.05, 4.69) is 36.9 Å². The molecule has 0 aromatic carbocycles. The second kappa shape index (κ2) is 6.04. The summed E-state index contributed by atoms with van der Waals surface area (Å²) in [5.74, 6) is 1.03. The molecule has 4 unspecified atom stereocenters. The van der Waals surface area contributed by atoms with Gasteiger partial charge in [0.25, 0.3) is 0 Å². The second-order valence-corrected chi connectivity index (χ2v) is 6.44. The Morgan fingerprint density at radius 2 is 2.06 bits per heavy atom. The maximum atomic E-state index is 9.36. The number of nitriles is 1. The van der Waals surface area contributed by atoms with Crippen LogP contribution in [0.15, 0.2) is 0 Å². The predicted molar refractivity (Wildman–Crippen MR) is 74.2 cm³/mol. The zero-order valence-corrected chi connectivity index (χ0v) is 12.1. The number of nitrogens with zero attached hydrogens (tertiary/aromatic N) is 3. The summed E-state index contributed by atoms with van der Waals surface area (Å²) in [4.78, 5) is 4.96. The van der Waals surface area contributed by atoms with Crippen LogP contribution in [0.5, 0.6) is 0 Å². The topological polar surface area (TPSA) is 30.3 Å². The van der Waals surface area contributed by atoms with Crippen molar-refractivity contribution < 1.29 is 0 Å². The molecule has 0 N–H and O–H groups in total. The molecule has 2 aliphatic rings. The van der Waals surface area contributed by atoms with E-state index in [-0.39, 0.29) is 5.92 Å². The second-order valence-electron chi connectivity index (χ2n) is 6.44. The summed E-state index contributed by atoms with van der Waals surface area (Å²) in [6, 6.07) is 3.68. The number of likely N-dealkylation sites (N-methyl/N-ethyl adjacent to an activating group) is 2. The van der Waals surface area contributed by atoms with Crippen molar-refractivity contribution in [3.63, 3.8) is 0 Å². The van der Waals surface area contributed by atoms with E-state index in [0.717, 1.165) is 12.3 Å². The highest BCUT2D eigenvalue weighted by Gasteiger charge is 2.35. The van der Waals surface area contributed by atoms with Gasteiger partial charge in [-0.1, -0.05) is 6.92 Å². The molecular weight excluding hydrogens is 222 g/mol. The van der Waals surface area contributed by atoms with Gasteiger partial charge in [-0.25, -0.2) is 0 Å². The number of likely N-dealkylation sites (tertiary alicyclic amines) is 1.